The smallest absolute Gasteiger partial charge is 0.0852 e. The minimum Gasteiger partial charge on any atom is -0.313 e. The van der Waals surface area contributed by atoms with E-state index < -0.39 is 0 Å². The SMILES string of the molecule is ON1CCc2ccccc2[C@@H]1c1ccc2ccccc2c1. The highest BCUT2D eigenvalue weighted by Crippen LogP contribution is 2.34. The highest BCUT2D eigenvalue weighted by molar-refractivity contribution is 5.83. The molecule has 0 fully saturated rings. The van der Waals surface area contributed by atoms with Crippen molar-refractivity contribution in [3.63, 3.8) is 0 Å². The maximum atomic E-state index is 10.4. The lowest BCUT2D eigenvalue weighted by Gasteiger charge is -2.33. The molecule has 104 valence electrons. The maximum absolute atomic E-state index is 10.4. The zero-order valence-electron chi connectivity index (χ0n) is 11.7. The normalized spacial score (nSPS) is 18.6. The molecule has 2 nitrogen and oxygen atoms in total. The van der Waals surface area contributed by atoms with Gasteiger partial charge in [-0.25, -0.2) is 0 Å². The van der Waals surface area contributed by atoms with Crippen LogP contribution >= 0.6 is 0 Å². The van der Waals surface area contributed by atoms with Crippen LogP contribution in [0.15, 0.2) is 66.7 Å². The second-order valence-corrected chi connectivity index (χ2v) is 5.62. The maximum Gasteiger partial charge on any atom is 0.0852 e. The molecule has 0 radical (unpaired) electrons. The van der Waals surface area contributed by atoms with Crippen LogP contribution in [-0.4, -0.2) is 16.8 Å². The Morgan fingerprint density at radius 2 is 1.62 bits per heavy atom. The van der Waals surface area contributed by atoms with E-state index in [1.54, 1.807) is 0 Å². The van der Waals surface area contributed by atoms with Crippen LogP contribution < -0.4 is 0 Å². The van der Waals surface area contributed by atoms with Gasteiger partial charge in [-0.3, -0.25) is 0 Å². The van der Waals surface area contributed by atoms with Crippen molar-refractivity contribution in [1.29, 1.82) is 0 Å². The first-order valence-electron chi connectivity index (χ1n) is 7.35. The van der Waals surface area contributed by atoms with Crippen molar-refractivity contribution in [3.05, 3.63) is 83.4 Å². The monoisotopic (exact) mass is 275 g/mol. The van der Waals surface area contributed by atoms with Crippen molar-refractivity contribution >= 4 is 10.8 Å². The first-order chi connectivity index (χ1) is 10.3. The summed E-state index contributed by atoms with van der Waals surface area (Å²) in [5, 5.41) is 14.3. The second-order valence-electron chi connectivity index (χ2n) is 5.62. The molecule has 0 aliphatic carbocycles. The van der Waals surface area contributed by atoms with Crippen LogP contribution in [0.3, 0.4) is 0 Å². The number of hydrogen-bond donors (Lipinski definition) is 1. The van der Waals surface area contributed by atoms with E-state index in [4.69, 9.17) is 0 Å². The van der Waals surface area contributed by atoms with Crippen molar-refractivity contribution in [1.82, 2.24) is 5.06 Å². The zero-order chi connectivity index (χ0) is 14.2. The molecule has 0 aromatic heterocycles. The highest BCUT2D eigenvalue weighted by Gasteiger charge is 2.27. The topological polar surface area (TPSA) is 23.5 Å². The fourth-order valence-electron chi connectivity index (χ4n) is 3.28. The molecule has 1 aliphatic heterocycles. The van der Waals surface area contributed by atoms with Crippen LogP contribution in [-0.2, 0) is 6.42 Å². The average Bonchev–Trinajstić information content (AvgIpc) is 2.54. The summed E-state index contributed by atoms with van der Waals surface area (Å²) in [6.45, 7) is 0.675. The van der Waals surface area contributed by atoms with Gasteiger partial charge in [0.2, 0.25) is 0 Å². The number of hydrogen-bond acceptors (Lipinski definition) is 2. The Kier molecular flexibility index (Phi) is 2.99. The lowest BCUT2D eigenvalue weighted by Crippen LogP contribution is -2.33. The van der Waals surface area contributed by atoms with Gasteiger partial charge in [-0.1, -0.05) is 60.7 Å². The number of rotatable bonds is 1. The average molecular weight is 275 g/mol. The second kappa shape index (κ2) is 4.99. The van der Waals surface area contributed by atoms with Crippen molar-refractivity contribution in [2.75, 3.05) is 6.54 Å². The zero-order valence-corrected chi connectivity index (χ0v) is 11.7. The molecule has 4 rings (SSSR count). The van der Waals surface area contributed by atoms with Gasteiger partial charge in [0.05, 0.1) is 6.04 Å². The van der Waals surface area contributed by atoms with Crippen molar-refractivity contribution in [2.24, 2.45) is 0 Å². The predicted octanol–water partition coefficient (Wildman–Crippen LogP) is 4.18. The van der Waals surface area contributed by atoms with E-state index >= 15 is 0 Å². The molecule has 0 amide bonds. The van der Waals surface area contributed by atoms with Gasteiger partial charge in [-0.15, -0.1) is 0 Å². The summed E-state index contributed by atoms with van der Waals surface area (Å²) in [6.07, 6.45) is 0.900. The van der Waals surface area contributed by atoms with Gasteiger partial charge in [-0.2, -0.15) is 5.06 Å². The molecule has 3 aromatic rings. The summed E-state index contributed by atoms with van der Waals surface area (Å²) in [7, 11) is 0. The van der Waals surface area contributed by atoms with Gasteiger partial charge in [0.1, 0.15) is 0 Å². The summed E-state index contributed by atoms with van der Waals surface area (Å²) >= 11 is 0. The van der Waals surface area contributed by atoms with Crippen LogP contribution in [0.5, 0.6) is 0 Å². The Hall–Kier alpha value is -2.16. The van der Waals surface area contributed by atoms with Gasteiger partial charge in [0.15, 0.2) is 0 Å². The standard InChI is InChI=1S/C19H17NO/c21-20-12-11-15-6-3-4-8-18(15)19(20)17-10-9-14-5-1-2-7-16(14)13-17/h1-10,13,19,21H,11-12H2/t19-/m0/s1. The van der Waals surface area contributed by atoms with Gasteiger partial charge >= 0.3 is 0 Å². The number of hydroxylamine groups is 2. The summed E-state index contributed by atoms with van der Waals surface area (Å²) < 4.78 is 0. The molecular weight excluding hydrogens is 258 g/mol. The summed E-state index contributed by atoms with van der Waals surface area (Å²) in [4.78, 5) is 0. The lowest BCUT2D eigenvalue weighted by atomic mass is 9.89. The van der Waals surface area contributed by atoms with Crippen molar-refractivity contribution < 1.29 is 5.21 Å². The van der Waals surface area contributed by atoms with E-state index in [2.05, 4.69) is 60.7 Å². The van der Waals surface area contributed by atoms with E-state index in [1.807, 2.05) is 6.07 Å². The molecular formula is C19H17NO. The largest absolute Gasteiger partial charge is 0.313 e. The summed E-state index contributed by atoms with van der Waals surface area (Å²) in [6, 6.07) is 23.1. The third-order valence-electron chi connectivity index (χ3n) is 4.35. The number of nitrogens with zero attached hydrogens (tertiary/aromatic N) is 1. The van der Waals surface area contributed by atoms with Gasteiger partial charge in [-0.05, 0) is 39.9 Å². The third kappa shape index (κ3) is 2.13. The molecule has 1 atom stereocenters. The Balaban J connectivity index is 1.87. The molecule has 1 heterocycles. The van der Waals surface area contributed by atoms with Crippen LogP contribution in [0.2, 0.25) is 0 Å². The molecule has 2 heteroatoms. The Bertz CT molecular complexity index is 796. The van der Waals surface area contributed by atoms with Gasteiger partial charge in [0.25, 0.3) is 0 Å². The van der Waals surface area contributed by atoms with E-state index in [0.29, 0.717) is 6.54 Å². The number of fused-ring (bicyclic) bond motifs is 2. The molecule has 1 N–H and O–H groups in total. The first kappa shape index (κ1) is 12.6. The third-order valence-corrected chi connectivity index (χ3v) is 4.35. The van der Waals surface area contributed by atoms with Crippen LogP contribution in [0, 0.1) is 0 Å². The molecule has 0 unspecified atom stereocenters. The fourth-order valence-corrected chi connectivity index (χ4v) is 3.28. The van der Waals surface area contributed by atoms with Crippen LogP contribution in [0.4, 0.5) is 0 Å². The molecule has 3 aromatic carbocycles. The van der Waals surface area contributed by atoms with Crippen molar-refractivity contribution in [2.45, 2.75) is 12.5 Å². The van der Waals surface area contributed by atoms with Gasteiger partial charge < -0.3 is 5.21 Å². The Morgan fingerprint density at radius 3 is 2.52 bits per heavy atom. The molecule has 0 saturated heterocycles. The number of benzene rings is 3. The molecule has 1 aliphatic rings. The summed E-state index contributed by atoms with van der Waals surface area (Å²) in [5.74, 6) is 0. The lowest BCUT2D eigenvalue weighted by molar-refractivity contribution is -0.121. The molecule has 0 bridgehead atoms. The molecule has 0 spiro atoms. The van der Waals surface area contributed by atoms with Crippen molar-refractivity contribution in [3.8, 4) is 0 Å². The molecule has 0 saturated carbocycles. The predicted molar refractivity (Wildman–Crippen MR) is 84.4 cm³/mol. The summed E-state index contributed by atoms with van der Waals surface area (Å²) in [5.41, 5.74) is 3.69. The first-order valence-corrected chi connectivity index (χ1v) is 7.35. The van der Waals surface area contributed by atoms with E-state index in [1.165, 1.54) is 27.0 Å². The Labute approximate surface area is 124 Å². The quantitative estimate of drug-likeness (QED) is 0.720. The van der Waals surface area contributed by atoms with E-state index in [9.17, 15) is 5.21 Å². The minimum atomic E-state index is -0.0699. The van der Waals surface area contributed by atoms with E-state index in [0.717, 1.165) is 12.0 Å². The minimum absolute atomic E-state index is 0.0699. The fraction of sp³-hybridized carbons (Fsp3) is 0.158. The Morgan fingerprint density at radius 1 is 0.857 bits per heavy atom. The van der Waals surface area contributed by atoms with Gasteiger partial charge in [0, 0.05) is 6.54 Å². The van der Waals surface area contributed by atoms with E-state index in [-0.39, 0.29) is 6.04 Å². The van der Waals surface area contributed by atoms with Crippen LogP contribution in [0.25, 0.3) is 10.8 Å². The van der Waals surface area contributed by atoms with Crippen LogP contribution in [0.1, 0.15) is 22.7 Å². The molecule has 21 heavy (non-hydrogen) atoms. The highest BCUT2D eigenvalue weighted by atomic mass is 16.5.